The number of hydrogen-bond donors (Lipinski definition) is 2. The Morgan fingerprint density at radius 1 is 1.09 bits per heavy atom. The second-order valence-corrected chi connectivity index (χ2v) is 5.23. The van der Waals surface area contributed by atoms with Crippen LogP contribution in [0.15, 0.2) is 29.3 Å². The minimum absolute atomic E-state index is 0. The molecule has 0 saturated heterocycles. The molecule has 0 saturated carbocycles. The lowest BCUT2D eigenvalue weighted by atomic mass is 10.2. The minimum atomic E-state index is 0. The van der Waals surface area contributed by atoms with Crippen LogP contribution in [0.1, 0.15) is 18.4 Å². The third-order valence-electron chi connectivity index (χ3n) is 3.04. The van der Waals surface area contributed by atoms with Crippen molar-refractivity contribution in [3.63, 3.8) is 0 Å². The molecule has 0 fully saturated rings. The number of ether oxygens (including phenoxy) is 2. The Labute approximate surface area is 161 Å². The van der Waals surface area contributed by atoms with Gasteiger partial charge in [0.2, 0.25) is 0 Å². The minimum Gasteiger partial charge on any atom is -0.382 e. The van der Waals surface area contributed by atoms with Gasteiger partial charge in [0.15, 0.2) is 5.96 Å². The van der Waals surface area contributed by atoms with Crippen LogP contribution >= 0.6 is 35.6 Å². The van der Waals surface area contributed by atoms with Gasteiger partial charge in [-0.05, 0) is 30.5 Å². The third-order valence-corrected chi connectivity index (χ3v) is 3.29. The van der Waals surface area contributed by atoms with Crippen molar-refractivity contribution in [3.05, 3.63) is 34.9 Å². The van der Waals surface area contributed by atoms with Crippen molar-refractivity contribution in [2.24, 2.45) is 4.99 Å². The van der Waals surface area contributed by atoms with E-state index in [1.165, 1.54) is 5.56 Å². The van der Waals surface area contributed by atoms with E-state index in [1.54, 1.807) is 14.2 Å². The molecule has 7 heteroatoms. The monoisotopic (exact) mass is 455 g/mol. The van der Waals surface area contributed by atoms with Gasteiger partial charge >= 0.3 is 0 Å². The van der Waals surface area contributed by atoms with Crippen molar-refractivity contribution in [1.82, 2.24) is 10.6 Å². The fourth-order valence-electron chi connectivity index (χ4n) is 1.79. The SMILES string of the molecule is CN=C(NCCCCOCCOC)NCc1ccc(Cl)cc1.I. The van der Waals surface area contributed by atoms with E-state index in [-0.39, 0.29) is 24.0 Å². The maximum Gasteiger partial charge on any atom is 0.191 e. The van der Waals surface area contributed by atoms with Gasteiger partial charge in [0.1, 0.15) is 0 Å². The number of halogens is 2. The Morgan fingerprint density at radius 3 is 2.48 bits per heavy atom. The van der Waals surface area contributed by atoms with Gasteiger partial charge in [-0.3, -0.25) is 4.99 Å². The van der Waals surface area contributed by atoms with E-state index in [2.05, 4.69) is 15.6 Å². The number of nitrogens with one attached hydrogen (secondary N) is 2. The first kappa shape index (κ1) is 22.4. The van der Waals surface area contributed by atoms with Crippen molar-refractivity contribution in [2.45, 2.75) is 19.4 Å². The van der Waals surface area contributed by atoms with Crippen LogP contribution in [0, 0.1) is 0 Å². The standard InChI is InChI=1S/C16H26ClN3O2.HI/c1-18-16(19-9-3-4-10-22-12-11-21-2)20-13-14-5-7-15(17)8-6-14;/h5-8H,3-4,9-13H2,1-2H3,(H2,18,19,20);1H. The molecule has 0 radical (unpaired) electrons. The summed E-state index contributed by atoms with van der Waals surface area (Å²) in [5, 5.41) is 7.31. The number of unbranched alkanes of at least 4 members (excludes halogenated alkanes) is 1. The van der Waals surface area contributed by atoms with Crippen molar-refractivity contribution in [2.75, 3.05) is 40.5 Å². The highest BCUT2D eigenvalue weighted by atomic mass is 127. The summed E-state index contributed by atoms with van der Waals surface area (Å²) in [6.45, 7) is 3.67. The maximum absolute atomic E-state index is 5.87. The fraction of sp³-hybridized carbons (Fsp3) is 0.562. The molecular weight excluding hydrogens is 429 g/mol. The number of nitrogens with zero attached hydrogens (tertiary/aromatic N) is 1. The zero-order valence-electron chi connectivity index (χ0n) is 13.8. The topological polar surface area (TPSA) is 54.9 Å². The quantitative estimate of drug-likeness (QED) is 0.246. The normalized spacial score (nSPS) is 11.0. The van der Waals surface area contributed by atoms with Crippen LogP contribution < -0.4 is 10.6 Å². The van der Waals surface area contributed by atoms with Gasteiger partial charge in [0.25, 0.3) is 0 Å². The molecule has 0 atom stereocenters. The predicted octanol–water partition coefficient (Wildman–Crippen LogP) is 3.07. The van der Waals surface area contributed by atoms with Crippen molar-refractivity contribution in [1.29, 1.82) is 0 Å². The molecule has 2 N–H and O–H groups in total. The van der Waals surface area contributed by atoms with Crippen molar-refractivity contribution in [3.8, 4) is 0 Å². The molecule has 0 heterocycles. The molecule has 5 nitrogen and oxygen atoms in total. The summed E-state index contributed by atoms with van der Waals surface area (Å²) in [5.74, 6) is 0.801. The molecule has 0 amide bonds. The number of aliphatic imine (C=N–C) groups is 1. The van der Waals surface area contributed by atoms with Crippen LogP contribution in [-0.2, 0) is 16.0 Å². The van der Waals surface area contributed by atoms with E-state index in [0.29, 0.717) is 13.2 Å². The number of benzene rings is 1. The average molecular weight is 456 g/mol. The van der Waals surface area contributed by atoms with Crippen molar-refractivity contribution >= 4 is 41.5 Å². The highest BCUT2D eigenvalue weighted by molar-refractivity contribution is 14.0. The molecule has 0 unspecified atom stereocenters. The fourth-order valence-corrected chi connectivity index (χ4v) is 1.91. The Morgan fingerprint density at radius 2 is 1.83 bits per heavy atom. The Bertz CT molecular complexity index is 430. The molecule has 132 valence electrons. The summed E-state index contributed by atoms with van der Waals surface area (Å²) in [6, 6.07) is 7.77. The van der Waals surface area contributed by atoms with Crippen LogP contribution in [0.2, 0.25) is 5.02 Å². The lowest BCUT2D eigenvalue weighted by Gasteiger charge is -2.12. The van der Waals surface area contributed by atoms with Crippen LogP contribution in [0.3, 0.4) is 0 Å². The number of methoxy groups -OCH3 is 1. The van der Waals surface area contributed by atoms with E-state index < -0.39 is 0 Å². The third kappa shape index (κ3) is 11.6. The second kappa shape index (κ2) is 15.0. The van der Waals surface area contributed by atoms with E-state index in [1.807, 2.05) is 24.3 Å². The molecule has 1 aromatic carbocycles. The van der Waals surface area contributed by atoms with E-state index in [4.69, 9.17) is 21.1 Å². The Kier molecular flexibility index (Phi) is 14.6. The molecule has 0 aromatic heterocycles. The molecule has 0 aliphatic carbocycles. The molecule has 1 rings (SSSR count). The molecule has 0 aliphatic heterocycles. The summed E-state index contributed by atoms with van der Waals surface area (Å²) < 4.78 is 10.3. The van der Waals surface area contributed by atoms with Gasteiger partial charge < -0.3 is 20.1 Å². The first-order chi connectivity index (χ1) is 10.8. The Balaban J connectivity index is 0.00000484. The maximum atomic E-state index is 5.87. The average Bonchev–Trinajstić information content (AvgIpc) is 2.54. The number of guanidine groups is 1. The number of hydrogen-bond acceptors (Lipinski definition) is 3. The molecule has 0 aliphatic rings. The highest BCUT2D eigenvalue weighted by Crippen LogP contribution is 2.08. The van der Waals surface area contributed by atoms with Gasteiger partial charge in [-0.15, -0.1) is 24.0 Å². The molecule has 23 heavy (non-hydrogen) atoms. The van der Waals surface area contributed by atoms with Crippen LogP contribution in [0.5, 0.6) is 0 Å². The lowest BCUT2D eigenvalue weighted by molar-refractivity contribution is 0.0689. The zero-order valence-corrected chi connectivity index (χ0v) is 16.9. The molecule has 0 bridgehead atoms. The largest absolute Gasteiger partial charge is 0.382 e. The van der Waals surface area contributed by atoms with Crippen LogP contribution in [-0.4, -0.2) is 46.5 Å². The summed E-state index contributed by atoms with van der Waals surface area (Å²) in [7, 11) is 3.45. The zero-order chi connectivity index (χ0) is 16.0. The number of rotatable bonds is 10. The molecule has 0 spiro atoms. The van der Waals surface area contributed by atoms with E-state index in [9.17, 15) is 0 Å². The summed E-state index contributed by atoms with van der Waals surface area (Å²) in [4.78, 5) is 4.20. The molecule has 1 aromatic rings. The van der Waals surface area contributed by atoms with Gasteiger partial charge in [0.05, 0.1) is 13.2 Å². The highest BCUT2D eigenvalue weighted by Gasteiger charge is 1.98. The summed E-state index contributed by atoms with van der Waals surface area (Å²) in [6.07, 6.45) is 2.06. The smallest absolute Gasteiger partial charge is 0.191 e. The van der Waals surface area contributed by atoms with Crippen LogP contribution in [0.4, 0.5) is 0 Å². The molecular formula is C16H27ClIN3O2. The van der Waals surface area contributed by atoms with Gasteiger partial charge in [-0.2, -0.15) is 0 Å². The summed E-state index contributed by atoms with van der Waals surface area (Å²) in [5.41, 5.74) is 1.17. The Hall–Kier alpha value is -0.570. The van der Waals surface area contributed by atoms with Gasteiger partial charge in [-0.1, -0.05) is 23.7 Å². The summed E-state index contributed by atoms with van der Waals surface area (Å²) >= 11 is 5.87. The predicted molar refractivity (Wildman–Crippen MR) is 107 cm³/mol. The lowest BCUT2D eigenvalue weighted by Crippen LogP contribution is -2.37. The van der Waals surface area contributed by atoms with E-state index >= 15 is 0 Å². The first-order valence-electron chi connectivity index (χ1n) is 7.52. The van der Waals surface area contributed by atoms with Crippen molar-refractivity contribution < 1.29 is 9.47 Å². The van der Waals surface area contributed by atoms with Gasteiger partial charge in [-0.25, -0.2) is 0 Å². The first-order valence-corrected chi connectivity index (χ1v) is 7.89. The van der Waals surface area contributed by atoms with E-state index in [0.717, 1.165) is 43.5 Å². The van der Waals surface area contributed by atoms with Gasteiger partial charge in [0, 0.05) is 38.9 Å². The second-order valence-electron chi connectivity index (χ2n) is 4.79. The van der Waals surface area contributed by atoms with Crippen LogP contribution in [0.25, 0.3) is 0 Å².